The molecule has 1 N–H and O–H groups in total. The zero-order valence-electron chi connectivity index (χ0n) is 15.3. The van der Waals surface area contributed by atoms with E-state index in [1.54, 1.807) is 0 Å². The summed E-state index contributed by atoms with van der Waals surface area (Å²) in [5, 5.41) is 11.6. The average Bonchev–Trinajstić information content (AvgIpc) is 3.17. The average molecular weight is 466 g/mol. The maximum Gasteiger partial charge on any atom is 0.401 e. The van der Waals surface area contributed by atoms with E-state index in [0.717, 1.165) is 25.4 Å². The van der Waals surface area contributed by atoms with Gasteiger partial charge in [0.15, 0.2) is 10.8 Å². The van der Waals surface area contributed by atoms with Gasteiger partial charge in [-0.2, -0.15) is 27.8 Å². The highest BCUT2D eigenvalue weighted by molar-refractivity contribution is 6.29. The molecule has 1 aliphatic heterocycles. The minimum atomic E-state index is -4.87. The second kappa shape index (κ2) is 6.93. The lowest BCUT2D eigenvalue weighted by atomic mass is 9.87. The minimum Gasteiger partial charge on any atom is -0.306 e. The summed E-state index contributed by atoms with van der Waals surface area (Å²) in [4.78, 5) is 17.2. The number of carbonyl (C=O) groups excluding carboxylic acids is 1. The number of carbonyl (C=O) groups is 1. The molecular weight excluding hydrogens is 456 g/mol. The van der Waals surface area contributed by atoms with Crippen molar-refractivity contribution in [2.24, 2.45) is 0 Å². The van der Waals surface area contributed by atoms with Gasteiger partial charge in [0, 0.05) is 6.54 Å². The van der Waals surface area contributed by atoms with Crippen molar-refractivity contribution in [1.29, 1.82) is 0 Å². The highest BCUT2D eigenvalue weighted by Gasteiger charge is 2.60. The lowest BCUT2D eigenvalue weighted by Gasteiger charge is -2.28. The van der Waals surface area contributed by atoms with Gasteiger partial charge in [-0.05, 0) is 13.0 Å². The molecule has 4 rings (SSSR count). The number of alkyl halides is 5. The third kappa shape index (κ3) is 3.21. The normalized spacial score (nSPS) is 18.7. The number of amides is 2. The van der Waals surface area contributed by atoms with Gasteiger partial charge in [-0.1, -0.05) is 11.6 Å². The lowest BCUT2D eigenvalue weighted by Crippen LogP contribution is -2.46. The van der Waals surface area contributed by atoms with Gasteiger partial charge < -0.3 is 5.32 Å². The lowest BCUT2D eigenvalue weighted by molar-refractivity contribution is -0.181. The highest BCUT2D eigenvalue weighted by atomic mass is 35.5. The Morgan fingerprint density at radius 3 is 2.68 bits per heavy atom. The molecule has 15 heteroatoms. The van der Waals surface area contributed by atoms with Gasteiger partial charge in [0.25, 0.3) is 6.43 Å². The van der Waals surface area contributed by atoms with Crippen LogP contribution in [-0.4, -0.2) is 43.5 Å². The number of nitrogens with zero attached hydrogens (tertiary/aromatic N) is 6. The zero-order chi connectivity index (χ0) is 22.7. The minimum absolute atomic E-state index is 0.209. The monoisotopic (exact) mass is 465 g/mol. The number of hydrogen-bond acceptors (Lipinski definition) is 5. The molecule has 2 amide bonds. The van der Waals surface area contributed by atoms with Crippen LogP contribution >= 0.6 is 11.6 Å². The van der Waals surface area contributed by atoms with E-state index in [0.29, 0.717) is 9.42 Å². The van der Waals surface area contributed by atoms with Crippen molar-refractivity contribution in [2.75, 3.05) is 16.8 Å². The summed E-state index contributed by atoms with van der Waals surface area (Å²) in [6.07, 6.45) is -6.01. The Balaban J connectivity index is 1.80. The quantitative estimate of drug-likeness (QED) is 0.575. The Hall–Kier alpha value is -3.16. The number of hydrogen-bond donors (Lipinski definition) is 1. The summed E-state index contributed by atoms with van der Waals surface area (Å²) in [6, 6.07) is -0.248. The molecule has 0 radical (unpaired) electrons. The van der Waals surface area contributed by atoms with Crippen molar-refractivity contribution in [3.8, 4) is 0 Å². The van der Waals surface area contributed by atoms with Crippen molar-refractivity contribution < 1.29 is 31.1 Å². The van der Waals surface area contributed by atoms with Crippen molar-refractivity contribution in [2.45, 2.75) is 24.9 Å². The molecular formula is C16H10ClF6N7O. The molecule has 164 valence electrons. The number of fused-ring (bicyclic) bond motifs is 3. The molecule has 0 saturated heterocycles. The molecule has 0 aliphatic carbocycles. The van der Waals surface area contributed by atoms with E-state index in [9.17, 15) is 31.1 Å². The number of rotatable bonds is 2. The van der Waals surface area contributed by atoms with E-state index in [4.69, 9.17) is 11.6 Å². The predicted octanol–water partition coefficient (Wildman–Crippen LogP) is 4.12. The summed E-state index contributed by atoms with van der Waals surface area (Å²) in [5.41, 5.74) is -4.99. The summed E-state index contributed by atoms with van der Waals surface area (Å²) >= 11 is 5.61. The van der Waals surface area contributed by atoms with E-state index in [1.165, 1.54) is 0 Å². The number of halogens is 7. The summed E-state index contributed by atoms with van der Waals surface area (Å²) in [5.74, 6) is -1.11. The number of aromatic nitrogens is 5. The standard InChI is InChI=1S/C16H10ClF6N7O/c1-15(16(21,22)23)5-29(14(31)26-6-2-7(12(19)20)27-25-3-6)8-4-24-13-9(18)11(17)28-30(13)10(8)15/h2-4,12H,5H2,1H3,(H,26,27,31)/t15-/m0/s1. The molecule has 0 aromatic carbocycles. The van der Waals surface area contributed by atoms with Gasteiger partial charge in [-0.3, -0.25) is 4.90 Å². The first-order valence-corrected chi connectivity index (χ1v) is 8.81. The van der Waals surface area contributed by atoms with Crippen LogP contribution < -0.4 is 10.2 Å². The first kappa shape index (κ1) is 21.1. The number of urea groups is 1. The molecule has 0 fully saturated rings. The van der Waals surface area contributed by atoms with Crippen molar-refractivity contribution >= 4 is 34.7 Å². The van der Waals surface area contributed by atoms with Crippen LogP contribution in [0.3, 0.4) is 0 Å². The molecule has 8 nitrogen and oxygen atoms in total. The van der Waals surface area contributed by atoms with Crippen molar-refractivity contribution in [3.05, 3.63) is 40.8 Å². The van der Waals surface area contributed by atoms with E-state index in [-0.39, 0.29) is 11.4 Å². The third-order valence-corrected chi connectivity index (χ3v) is 5.08. The maximum atomic E-state index is 14.1. The Morgan fingerprint density at radius 2 is 2.03 bits per heavy atom. The number of anilines is 2. The van der Waals surface area contributed by atoms with Gasteiger partial charge in [0.2, 0.25) is 5.82 Å². The van der Waals surface area contributed by atoms with Crippen LogP contribution in [0, 0.1) is 5.82 Å². The smallest absolute Gasteiger partial charge is 0.306 e. The van der Waals surface area contributed by atoms with Crippen LogP contribution in [0.4, 0.5) is 42.5 Å². The fourth-order valence-corrected chi connectivity index (χ4v) is 3.43. The molecule has 3 aromatic rings. The van der Waals surface area contributed by atoms with Crippen molar-refractivity contribution in [1.82, 2.24) is 24.8 Å². The third-order valence-electron chi connectivity index (χ3n) is 4.84. The van der Waals surface area contributed by atoms with E-state index in [1.807, 2.05) is 0 Å². The molecule has 1 aliphatic rings. The molecule has 0 saturated carbocycles. The Bertz CT molecular complexity index is 1200. The first-order valence-electron chi connectivity index (χ1n) is 8.43. The highest BCUT2D eigenvalue weighted by Crippen LogP contribution is 2.50. The first-order chi connectivity index (χ1) is 14.4. The topological polar surface area (TPSA) is 88.3 Å². The van der Waals surface area contributed by atoms with Crippen LogP contribution in [0.5, 0.6) is 0 Å². The second-order valence-corrected chi connectivity index (χ2v) is 7.21. The molecule has 0 unspecified atom stereocenters. The summed E-state index contributed by atoms with van der Waals surface area (Å²) in [7, 11) is 0. The SMILES string of the molecule is C[C@]1(C(F)(F)F)CN(C(=O)Nc2cnnc(C(F)F)c2)c2cnc3c(F)c(Cl)nn3c21. The summed E-state index contributed by atoms with van der Waals surface area (Å²) in [6.45, 7) is -0.0906. The molecule has 3 aromatic heterocycles. The molecule has 1 atom stereocenters. The van der Waals surface area contributed by atoms with Crippen molar-refractivity contribution in [3.63, 3.8) is 0 Å². The maximum absolute atomic E-state index is 14.1. The number of nitrogens with one attached hydrogen (secondary N) is 1. The van der Waals surface area contributed by atoms with Gasteiger partial charge in [-0.25, -0.2) is 23.1 Å². The fourth-order valence-electron chi connectivity index (χ4n) is 3.27. The second-order valence-electron chi connectivity index (χ2n) is 6.85. The zero-order valence-corrected chi connectivity index (χ0v) is 16.0. The van der Waals surface area contributed by atoms with Crippen LogP contribution in [0.2, 0.25) is 5.15 Å². The van der Waals surface area contributed by atoms with Gasteiger partial charge in [-0.15, -0.1) is 5.10 Å². The van der Waals surface area contributed by atoms with Crippen LogP contribution in [-0.2, 0) is 5.41 Å². The Morgan fingerprint density at radius 1 is 1.32 bits per heavy atom. The van der Waals surface area contributed by atoms with Crippen LogP contribution in [0.1, 0.15) is 24.7 Å². The van der Waals surface area contributed by atoms with E-state index in [2.05, 4.69) is 25.6 Å². The van der Waals surface area contributed by atoms with E-state index < -0.39 is 58.6 Å². The molecule has 0 bridgehead atoms. The Kier molecular flexibility index (Phi) is 4.72. The van der Waals surface area contributed by atoms with Crippen LogP contribution in [0.15, 0.2) is 18.5 Å². The van der Waals surface area contributed by atoms with Gasteiger partial charge >= 0.3 is 12.2 Å². The van der Waals surface area contributed by atoms with Gasteiger partial charge in [0.1, 0.15) is 11.1 Å². The fraction of sp³-hybridized carbons (Fsp3) is 0.312. The van der Waals surface area contributed by atoms with E-state index >= 15 is 0 Å². The Labute approximate surface area is 173 Å². The molecule has 0 spiro atoms. The van der Waals surface area contributed by atoms with Crippen LogP contribution in [0.25, 0.3) is 5.65 Å². The molecule has 31 heavy (non-hydrogen) atoms. The van der Waals surface area contributed by atoms with Gasteiger partial charge in [0.05, 0.1) is 29.5 Å². The molecule has 4 heterocycles. The summed E-state index contributed by atoms with van der Waals surface area (Å²) < 4.78 is 82.3. The predicted molar refractivity (Wildman–Crippen MR) is 94.7 cm³/mol. The largest absolute Gasteiger partial charge is 0.401 e.